The van der Waals surface area contributed by atoms with Crippen LogP contribution in [0.2, 0.25) is 0 Å². The predicted octanol–water partition coefficient (Wildman–Crippen LogP) is 2.71. The van der Waals surface area contributed by atoms with Crippen molar-refractivity contribution in [3.8, 4) is 11.5 Å². The number of ether oxygens (including phenoxy) is 2. The summed E-state index contributed by atoms with van der Waals surface area (Å²) in [4.78, 5) is 14.1. The van der Waals surface area contributed by atoms with Crippen LogP contribution in [-0.2, 0) is 0 Å². The van der Waals surface area contributed by atoms with E-state index in [1.54, 1.807) is 0 Å². The average molecular weight is 290 g/mol. The molecule has 2 amide bonds. The topological polar surface area (TPSA) is 50.8 Å². The maximum atomic E-state index is 12.2. The van der Waals surface area contributed by atoms with Crippen LogP contribution in [0.4, 0.5) is 4.79 Å². The van der Waals surface area contributed by atoms with E-state index in [0.29, 0.717) is 12.7 Å². The highest BCUT2D eigenvalue weighted by Gasteiger charge is 2.29. The lowest BCUT2D eigenvalue weighted by Gasteiger charge is -2.25. The summed E-state index contributed by atoms with van der Waals surface area (Å²) in [6.07, 6.45) is 0.983. The Kier molecular flexibility index (Phi) is 3.43. The van der Waals surface area contributed by atoms with Crippen LogP contribution in [0.15, 0.2) is 18.2 Å². The lowest BCUT2D eigenvalue weighted by Crippen LogP contribution is -2.47. The van der Waals surface area contributed by atoms with E-state index in [4.69, 9.17) is 9.47 Å². The van der Waals surface area contributed by atoms with Crippen LogP contribution in [0.25, 0.3) is 0 Å². The third kappa shape index (κ3) is 3.06. The summed E-state index contributed by atoms with van der Waals surface area (Å²) in [5.74, 6) is 1.98. The molecule has 0 bridgehead atoms. The number of amides is 2. The van der Waals surface area contributed by atoms with Crippen molar-refractivity contribution >= 4 is 6.03 Å². The van der Waals surface area contributed by atoms with Gasteiger partial charge < -0.3 is 19.7 Å². The monoisotopic (exact) mass is 290 g/mol. The third-order valence-electron chi connectivity index (χ3n) is 3.83. The SMILES string of the molecule is CC(C)(C)NC(=O)N1CC[C@H](c2ccc3c(c2)OCO3)C1. The number of hydrogen-bond donors (Lipinski definition) is 1. The van der Waals surface area contributed by atoms with E-state index in [9.17, 15) is 4.79 Å². The van der Waals surface area contributed by atoms with Crippen molar-refractivity contribution in [1.82, 2.24) is 10.2 Å². The van der Waals surface area contributed by atoms with Crippen molar-refractivity contribution in [3.05, 3.63) is 23.8 Å². The zero-order valence-electron chi connectivity index (χ0n) is 12.8. The molecule has 3 rings (SSSR count). The van der Waals surface area contributed by atoms with Crippen LogP contribution >= 0.6 is 0 Å². The lowest BCUT2D eigenvalue weighted by atomic mass is 9.98. The molecular formula is C16H22N2O3. The number of likely N-dealkylation sites (tertiary alicyclic amines) is 1. The zero-order valence-corrected chi connectivity index (χ0v) is 12.8. The minimum Gasteiger partial charge on any atom is -0.454 e. The molecule has 2 aliphatic rings. The molecule has 1 N–H and O–H groups in total. The van der Waals surface area contributed by atoms with Crippen LogP contribution in [0.1, 0.15) is 38.7 Å². The molecule has 21 heavy (non-hydrogen) atoms. The van der Waals surface area contributed by atoms with E-state index in [1.165, 1.54) is 5.56 Å². The number of nitrogens with zero attached hydrogens (tertiary/aromatic N) is 1. The van der Waals surface area contributed by atoms with Crippen molar-refractivity contribution in [2.45, 2.75) is 38.6 Å². The van der Waals surface area contributed by atoms with Crippen LogP contribution in [-0.4, -0.2) is 36.4 Å². The first-order chi connectivity index (χ1) is 9.92. The third-order valence-corrected chi connectivity index (χ3v) is 3.83. The Morgan fingerprint density at radius 2 is 2.05 bits per heavy atom. The fourth-order valence-corrected chi connectivity index (χ4v) is 2.78. The molecule has 0 saturated carbocycles. The number of rotatable bonds is 1. The largest absolute Gasteiger partial charge is 0.454 e. The molecule has 5 heteroatoms. The lowest BCUT2D eigenvalue weighted by molar-refractivity contribution is 0.174. The van der Waals surface area contributed by atoms with Crippen molar-refractivity contribution in [1.29, 1.82) is 0 Å². The maximum Gasteiger partial charge on any atom is 0.317 e. The molecule has 5 nitrogen and oxygen atoms in total. The summed E-state index contributed by atoms with van der Waals surface area (Å²) in [7, 11) is 0. The first-order valence-corrected chi connectivity index (χ1v) is 7.39. The van der Waals surface area contributed by atoms with E-state index in [-0.39, 0.29) is 11.6 Å². The van der Waals surface area contributed by atoms with E-state index < -0.39 is 0 Å². The van der Waals surface area contributed by atoms with Gasteiger partial charge in [0.2, 0.25) is 6.79 Å². The highest BCUT2D eigenvalue weighted by molar-refractivity contribution is 5.75. The van der Waals surface area contributed by atoms with Gasteiger partial charge in [0.1, 0.15) is 0 Å². The van der Waals surface area contributed by atoms with E-state index in [0.717, 1.165) is 31.0 Å². The Morgan fingerprint density at radius 3 is 2.81 bits per heavy atom. The van der Waals surface area contributed by atoms with E-state index in [2.05, 4.69) is 11.4 Å². The Morgan fingerprint density at radius 1 is 1.29 bits per heavy atom. The van der Waals surface area contributed by atoms with E-state index in [1.807, 2.05) is 37.8 Å². The molecule has 1 aromatic carbocycles. The van der Waals surface area contributed by atoms with Crippen molar-refractivity contribution in [3.63, 3.8) is 0 Å². The van der Waals surface area contributed by atoms with Gasteiger partial charge in [-0.2, -0.15) is 0 Å². The number of carbonyl (C=O) groups excluding carboxylic acids is 1. The van der Waals surface area contributed by atoms with Crippen LogP contribution in [0, 0.1) is 0 Å². The second-order valence-electron chi connectivity index (χ2n) is 6.72. The second kappa shape index (κ2) is 5.13. The minimum absolute atomic E-state index is 0.0192. The Balaban J connectivity index is 1.66. The summed E-state index contributed by atoms with van der Waals surface area (Å²) >= 11 is 0. The Labute approximate surface area is 125 Å². The summed E-state index contributed by atoms with van der Waals surface area (Å²) in [5.41, 5.74) is 1.01. The molecule has 2 aliphatic heterocycles. The van der Waals surface area contributed by atoms with Gasteiger partial charge in [-0.3, -0.25) is 0 Å². The van der Waals surface area contributed by atoms with Gasteiger partial charge in [0.25, 0.3) is 0 Å². The Hall–Kier alpha value is -1.91. The van der Waals surface area contributed by atoms with Gasteiger partial charge in [0, 0.05) is 24.5 Å². The average Bonchev–Trinajstić information content (AvgIpc) is 3.05. The van der Waals surface area contributed by atoms with Crippen LogP contribution < -0.4 is 14.8 Å². The molecule has 1 atom stereocenters. The molecule has 0 unspecified atom stereocenters. The smallest absolute Gasteiger partial charge is 0.317 e. The van der Waals surface area contributed by atoms with Gasteiger partial charge in [-0.1, -0.05) is 6.07 Å². The highest BCUT2D eigenvalue weighted by Crippen LogP contribution is 2.37. The molecular weight excluding hydrogens is 268 g/mol. The van der Waals surface area contributed by atoms with Gasteiger partial charge in [0.15, 0.2) is 11.5 Å². The normalized spacial score (nSPS) is 20.7. The van der Waals surface area contributed by atoms with Gasteiger partial charge in [-0.25, -0.2) is 4.79 Å². The number of carbonyl (C=O) groups is 1. The molecule has 2 heterocycles. The Bertz CT molecular complexity index is 551. The molecule has 114 valence electrons. The summed E-state index contributed by atoms with van der Waals surface area (Å²) in [6.45, 7) is 7.83. The number of urea groups is 1. The summed E-state index contributed by atoms with van der Waals surface area (Å²) in [6, 6.07) is 6.09. The first kappa shape index (κ1) is 14.0. The van der Waals surface area contributed by atoms with Crippen LogP contribution in [0.5, 0.6) is 11.5 Å². The minimum atomic E-state index is -0.200. The molecule has 0 aliphatic carbocycles. The number of fused-ring (bicyclic) bond motifs is 1. The van der Waals surface area contributed by atoms with Gasteiger partial charge in [-0.15, -0.1) is 0 Å². The summed E-state index contributed by atoms with van der Waals surface area (Å²) < 4.78 is 10.8. The van der Waals surface area contributed by atoms with Crippen molar-refractivity contribution in [2.24, 2.45) is 0 Å². The second-order valence-corrected chi connectivity index (χ2v) is 6.72. The number of hydrogen-bond acceptors (Lipinski definition) is 3. The standard InChI is InChI=1S/C16H22N2O3/c1-16(2,3)17-15(19)18-7-6-12(9-18)11-4-5-13-14(8-11)21-10-20-13/h4-5,8,12H,6-7,9-10H2,1-3H3,(H,17,19)/t12-/m0/s1. The summed E-state index contributed by atoms with van der Waals surface area (Å²) in [5, 5.41) is 3.02. The molecule has 0 spiro atoms. The molecule has 0 aromatic heterocycles. The number of nitrogens with one attached hydrogen (secondary N) is 1. The number of benzene rings is 1. The van der Waals surface area contributed by atoms with Crippen molar-refractivity contribution < 1.29 is 14.3 Å². The van der Waals surface area contributed by atoms with E-state index >= 15 is 0 Å². The molecule has 1 fully saturated rings. The zero-order chi connectivity index (χ0) is 15.0. The van der Waals surface area contributed by atoms with Gasteiger partial charge in [0.05, 0.1) is 0 Å². The highest BCUT2D eigenvalue weighted by atomic mass is 16.7. The molecule has 1 aromatic rings. The van der Waals surface area contributed by atoms with Crippen molar-refractivity contribution in [2.75, 3.05) is 19.9 Å². The van der Waals surface area contributed by atoms with Gasteiger partial charge >= 0.3 is 6.03 Å². The van der Waals surface area contributed by atoms with Crippen LogP contribution in [0.3, 0.4) is 0 Å². The molecule has 0 radical (unpaired) electrons. The maximum absolute atomic E-state index is 12.2. The fourth-order valence-electron chi connectivity index (χ4n) is 2.78. The molecule has 1 saturated heterocycles. The predicted molar refractivity (Wildman–Crippen MR) is 79.8 cm³/mol. The first-order valence-electron chi connectivity index (χ1n) is 7.39. The van der Waals surface area contributed by atoms with Gasteiger partial charge in [-0.05, 0) is 44.9 Å². The quantitative estimate of drug-likeness (QED) is 0.865. The fraction of sp³-hybridized carbons (Fsp3) is 0.562.